The minimum Gasteiger partial charge on any atom is -0.477 e. The number of halogens is 1. The number of aryl methyl sites for hydroxylation is 1. The van der Waals surface area contributed by atoms with E-state index in [9.17, 15) is 9.18 Å². The Morgan fingerprint density at radius 2 is 2.20 bits per heavy atom. The van der Waals surface area contributed by atoms with Crippen molar-refractivity contribution in [1.82, 2.24) is 4.98 Å². The van der Waals surface area contributed by atoms with Gasteiger partial charge in [-0.25, -0.2) is 9.37 Å². The fourth-order valence-electron chi connectivity index (χ4n) is 1.77. The van der Waals surface area contributed by atoms with Crippen LogP contribution in [0, 0.1) is 12.7 Å². The standard InChI is InChI=1S/C15H15FN2O2/c1-3-20-15-12(5-4-8-17-15)14(19)18-13-7-6-11(16)9-10(13)2/h4-9H,3H2,1-2H3,(H,18,19). The number of carbonyl (C=O) groups is 1. The Balaban J connectivity index is 2.24. The second kappa shape index (κ2) is 6.14. The van der Waals surface area contributed by atoms with Gasteiger partial charge in [0, 0.05) is 11.9 Å². The van der Waals surface area contributed by atoms with Crippen LogP contribution in [-0.4, -0.2) is 17.5 Å². The predicted molar refractivity (Wildman–Crippen MR) is 74.5 cm³/mol. The number of nitrogens with one attached hydrogen (secondary N) is 1. The number of amides is 1. The number of benzene rings is 1. The van der Waals surface area contributed by atoms with Crippen LogP contribution in [-0.2, 0) is 0 Å². The van der Waals surface area contributed by atoms with E-state index in [1.54, 1.807) is 25.3 Å². The predicted octanol–water partition coefficient (Wildman–Crippen LogP) is 3.18. The van der Waals surface area contributed by atoms with E-state index in [1.807, 2.05) is 6.92 Å². The molecule has 0 bridgehead atoms. The van der Waals surface area contributed by atoms with Crippen molar-refractivity contribution in [1.29, 1.82) is 0 Å². The molecule has 0 saturated carbocycles. The van der Waals surface area contributed by atoms with Crippen molar-refractivity contribution < 1.29 is 13.9 Å². The minimum atomic E-state index is -0.337. The van der Waals surface area contributed by atoms with Crippen molar-refractivity contribution in [3.8, 4) is 5.88 Å². The van der Waals surface area contributed by atoms with E-state index in [0.717, 1.165) is 0 Å². The van der Waals surface area contributed by atoms with E-state index in [0.29, 0.717) is 23.4 Å². The van der Waals surface area contributed by atoms with E-state index in [4.69, 9.17) is 4.74 Å². The number of carbonyl (C=O) groups excluding carboxylic acids is 1. The third kappa shape index (κ3) is 3.12. The van der Waals surface area contributed by atoms with E-state index in [-0.39, 0.29) is 17.6 Å². The van der Waals surface area contributed by atoms with Gasteiger partial charge in [0.1, 0.15) is 11.4 Å². The molecule has 1 heterocycles. The Bertz CT molecular complexity index is 629. The van der Waals surface area contributed by atoms with Crippen molar-refractivity contribution in [2.45, 2.75) is 13.8 Å². The lowest BCUT2D eigenvalue weighted by Gasteiger charge is -2.11. The van der Waals surface area contributed by atoms with Crippen LogP contribution < -0.4 is 10.1 Å². The lowest BCUT2D eigenvalue weighted by Crippen LogP contribution is -2.15. The summed E-state index contributed by atoms with van der Waals surface area (Å²) < 4.78 is 18.3. The fourth-order valence-corrected chi connectivity index (χ4v) is 1.77. The summed E-state index contributed by atoms with van der Waals surface area (Å²) in [5.41, 5.74) is 1.56. The first kappa shape index (κ1) is 14.0. The summed E-state index contributed by atoms with van der Waals surface area (Å²) in [6.45, 7) is 3.97. The molecule has 4 nitrogen and oxygen atoms in total. The maximum atomic E-state index is 13.0. The van der Waals surface area contributed by atoms with Gasteiger partial charge in [0.15, 0.2) is 0 Å². The summed E-state index contributed by atoms with van der Waals surface area (Å²) in [6, 6.07) is 7.48. The lowest BCUT2D eigenvalue weighted by atomic mass is 10.2. The molecular weight excluding hydrogens is 259 g/mol. The van der Waals surface area contributed by atoms with Crippen molar-refractivity contribution in [3.63, 3.8) is 0 Å². The van der Waals surface area contributed by atoms with E-state index < -0.39 is 0 Å². The molecule has 2 rings (SSSR count). The normalized spacial score (nSPS) is 10.2. The van der Waals surface area contributed by atoms with Crippen LogP contribution in [0.4, 0.5) is 10.1 Å². The number of aromatic nitrogens is 1. The van der Waals surface area contributed by atoms with Crippen molar-refractivity contribution in [2.24, 2.45) is 0 Å². The Kier molecular flexibility index (Phi) is 4.30. The summed E-state index contributed by atoms with van der Waals surface area (Å²) in [4.78, 5) is 16.2. The summed E-state index contributed by atoms with van der Waals surface area (Å²) in [5.74, 6) is -0.389. The van der Waals surface area contributed by atoms with Gasteiger partial charge >= 0.3 is 0 Å². The molecule has 0 aliphatic rings. The highest BCUT2D eigenvalue weighted by Crippen LogP contribution is 2.20. The number of hydrogen-bond acceptors (Lipinski definition) is 3. The molecule has 5 heteroatoms. The molecule has 2 aromatic rings. The molecule has 0 aliphatic carbocycles. The monoisotopic (exact) mass is 274 g/mol. The van der Waals surface area contributed by atoms with Crippen molar-refractivity contribution in [3.05, 3.63) is 53.5 Å². The summed E-state index contributed by atoms with van der Waals surface area (Å²) in [6.07, 6.45) is 1.56. The molecule has 1 aromatic carbocycles. The number of pyridine rings is 1. The Labute approximate surface area is 116 Å². The SMILES string of the molecule is CCOc1ncccc1C(=O)Nc1ccc(F)cc1C. The smallest absolute Gasteiger partial charge is 0.261 e. The average molecular weight is 274 g/mol. The largest absolute Gasteiger partial charge is 0.477 e. The van der Waals surface area contributed by atoms with Crippen LogP contribution in [0.2, 0.25) is 0 Å². The summed E-state index contributed by atoms with van der Waals surface area (Å²) >= 11 is 0. The van der Waals surface area contributed by atoms with Gasteiger partial charge in [-0.1, -0.05) is 0 Å². The lowest BCUT2D eigenvalue weighted by molar-refractivity contribution is 0.102. The Morgan fingerprint density at radius 3 is 2.90 bits per heavy atom. The zero-order valence-corrected chi connectivity index (χ0v) is 11.3. The molecular formula is C15H15FN2O2. The van der Waals surface area contributed by atoms with Crippen LogP contribution in [0.5, 0.6) is 5.88 Å². The van der Waals surface area contributed by atoms with Crippen molar-refractivity contribution >= 4 is 11.6 Å². The molecule has 1 aromatic heterocycles. The van der Waals surface area contributed by atoms with Gasteiger partial charge in [0.25, 0.3) is 5.91 Å². The number of rotatable bonds is 4. The van der Waals surface area contributed by atoms with Crippen LogP contribution in [0.15, 0.2) is 36.5 Å². The van der Waals surface area contributed by atoms with Crippen LogP contribution in [0.25, 0.3) is 0 Å². The molecule has 0 radical (unpaired) electrons. The highest BCUT2D eigenvalue weighted by Gasteiger charge is 2.14. The number of anilines is 1. The third-order valence-corrected chi connectivity index (χ3v) is 2.73. The van der Waals surface area contributed by atoms with Gasteiger partial charge in [0.05, 0.1) is 6.61 Å². The minimum absolute atomic E-state index is 0.285. The average Bonchev–Trinajstić information content (AvgIpc) is 2.43. The number of hydrogen-bond donors (Lipinski definition) is 1. The molecule has 0 aliphatic heterocycles. The second-order valence-electron chi connectivity index (χ2n) is 4.20. The van der Waals surface area contributed by atoms with Gasteiger partial charge in [-0.2, -0.15) is 0 Å². The zero-order chi connectivity index (χ0) is 14.5. The molecule has 20 heavy (non-hydrogen) atoms. The van der Waals surface area contributed by atoms with Crippen LogP contribution in [0.3, 0.4) is 0 Å². The topological polar surface area (TPSA) is 51.2 Å². The third-order valence-electron chi connectivity index (χ3n) is 2.73. The first-order chi connectivity index (χ1) is 9.61. The van der Waals surface area contributed by atoms with Crippen molar-refractivity contribution in [2.75, 3.05) is 11.9 Å². The quantitative estimate of drug-likeness (QED) is 0.931. The molecule has 1 N–H and O–H groups in total. The molecule has 0 fully saturated rings. The first-order valence-electron chi connectivity index (χ1n) is 6.27. The first-order valence-corrected chi connectivity index (χ1v) is 6.27. The summed E-state index contributed by atoms with van der Waals surface area (Å²) in [5, 5.41) is 2.73. The highest BCUT2D eigenvalue weighted by atomic mass is 19.1. The van der Waals surface area contributed by atoms with E-state index in [1.165, 1.54) is 18.2 Å². The molecule has 1 amide bonds. The second-order valence-corrected chi connectivity index (χ2v) is 4.20. The molecule has 0 atom stereocenters. The van der Waals surface area contributed by atoms with Gasteiger partial charge < -0.3 is 10.1 Å². The van der Waals surface area contributed by atoms with Gasteiger partial charge in [-0.3, -0.25) is 4.79 Å². The van der Waals surface area contributed by atoms with Crippen LogP contribution in [0.1, 0.15) is 22.8 Å². The van der Waals surface area contributed by atoms with Crippen LogP contribution >= 0.6 is 0 Å². The summed E-state index contributed by atoms with van der Waals surface area (Å²) in [7, 11) is 0. The van der Waals surface area contributed by atoms with E-state index >= 15 is 0 Å². The number of nitrogens with zero attached hydrogens (tertiary/aromatic N) is 1. The maximum absolute atomic E-state index is 13.0. The molecule has 0 unspecified atom stereocenters. The van der Waals surface area contributed by atoms with Gasteiger partial charge in [0.2, 0.25) is 5.88 Å². The number of ether oxygens (including phenoxy) is 1. The molecule has 0 saturated heterocycles. The fraction of sp³-hybridized carbons (Fsp3) is 0.200. The highest BCUT2D eigenvalue weighted by molar-refractivity contribution is 6.06. The Morgan fingerprint density at radius 1 is 1.40 bits per heavy atom. The molecule has 0 spiro atoms. The maximum Gasteiger partial charge on any atom is 0.261 e. The Hall–Kier alpha value is -2.43. The molecule has 104 valence electrons. The zero-order valence-electron chi connectivity index (χ0n) is 11.3. The van der Waals surface area contributed by atoms with E-state index in [2.05, 4.69) is 10.3 Å². The van der Waals surface area contributed by atoms with Gasteiger partial charge in [-0.15, -0.1) is 0 Å². The van der Waals surface area contributed by atoms with Gasteiger partial charge in [-0.05, 0) is 49.7 Å².